The maximum Gasteiger partial charge on any atom is -0.0274 e. The fraction of sp³-hybridized carbons (Fsp3) is 0.684. The van der Waals surface area contributed by atoms with E-state index in [0.29, 0.717) is 0 Å². The Labute approximate surface area is 119 Å². The van der Waals surface area contributed by atoms with Crippen LogP contribution in [0.15, 0.2) is 24.3 Å². The van der Waals surface area contributed by atoms with Gasteiger partial charge in [0.2, 0.25) is 0 Å². The number of rotatable bonds is 4. The van der Waals surface area contributed by atoms with Crippen LogP contribution in [0.5, 0.6) is 0 Å². The van der Waals surface area contributed by atoms with Crippen LogP contribution in [-0.2, 0) is 6.42 Å². The Hall–Kier alpha value is -0.780. The molecule has 0 aliphatic heterocycles. The molecule has 0 radical (unpaired) electrons. The first-order valence-corrected chi connectivity index (χ1v) is 8.12. The highest BCUT2D eigenvalue weighted by molar-refractivity contribution is 5.25. The highest BCUT2D eigenvalue weighted by Gasteiger charge is 2.28. The standard InChI is InChI=1S/C19H30/c1-14(2)18-10-9-16(4)19(13-18)12-11-17-8-6-5-7-15(17)3/h5-8,14,16,18-19H,9-13H2,1-4H3. The van der Waals surface area contributed by atoms with Gasteiger partial charge in [-0.15, -0.1) is 0 Å². The monoisotopic (exact) mass is 258 g/mol. The third-order valence-electron chi connectivity index (χ3n) is 5.39. The first-order chi connectivity index (χ1) is 9.08. The summed E-state index contributed by atoms with van der Waals surface area (Å²) < 4.78 is 0. The molecule has 3 atom stereocenters. The van der Waals surface area contributed by atoms with Gasteiger partial charge in [-0.25, -0.2) is 0 Å². The predicted molar refractivity (Wildman–Crippen MR) is 84.3 cm³/mol. The molecule has 0 bridgehead atoms. The molecular formula is C19H30. The SMILES string of the molecule is Cc1ccccc1CCC1CC(C(C)C)CCC1C. The first-order valence-electron chi connectivity index (χ1n) is 8.12. The molecule has 1 aliphatic rings. The molecule has 2 rings (SSSR count). The molecule has 0 aromatic heterocycles. The van der Waals surface area contributed by atoms with Gasteiger partial charge in [-0.05, 0) is 67.4 Å². The lowest BCUT2D eigenvalue weighted by molar-refractivity contribution is 0.151. The Balaban J connectivity index is 1.92. The number of aryl methyl sites for hydroxylation is 2. The molecular weight excluding hydrogens is 228 g/mol. The van der Waals surface area contributed by atoms with E-state index in [4.69, 9.17) is 0 Å². The van der Waals surface area contributed by atoms with Crippen LogP contribution in [-0.4, -0.2) is 0 Å². The predicted octanol–water partition coefficient (Wildman–Crippen LogP) is 5.64. The summed E-state index contributed by atoms with van der Waals surface area (Å²) in [5.41, 5.74) is 3.02. The summed E-state index contributed by atoms with van der Waals surface area (Å²) in [7, 11) is 0. The molecule has 0 heterocycles. The fourth-order valence-corrected chi connectivity index (χ4v) is 3.69. The van der Waals surface area contributed by atoms with Crippen LogP contribution in [0.1, 0.15) is 57.6 Å². The number of hydrogen-bond donors (Lipinski definition) is 0. The lowest BCUT2D eigenvalue weighted by Gasteiger charge is -2.36. The van der Waals surface area contributed by atoms with Crippen LogP contribution >= 0.6 is 0 Å². The molecule has 0 N–H and O–H groups in total. The van der Waals surface area contributed by atoms with Gasteiger partial charge in [0.15, 0.2) is 0 Å². The topological polar surface area (TPSA) is 0 Å². The van der Waals surface area contributed by atoms with Crippen LogP contribution < -0.4 is 0 Å². The quantitative estimate of drug-likeness (QED) is 0.656. The van der Waals surface area contributed by atoms with Gasteiger partial charge in [0.05, 0.1) is 0 Å². The van der Waals surface area contributed by atoms with Crippen molar-refractivity contribution in [3.63, 3.8) is 0 Å². The van der Waals surface area contributed by atoms with E-state index in [1.807, 2.05) is 0 Å². The largest absolute Gasteiger partial charge is 0.0625 e. The molecule has 1 saturated carbocycles. The average molecular weight is 258 g/mol. The van der Waals surface area contributed by atoms with Crippen molar-refractivity contribution in [1.82, 2.24) is 0 Å². The van der Waals surface area contributed by atoms with E-state index in [0.717, 1.165) is 23.7 Å². The maximum atomic E-state index is 2.47. The third-order valence-corrected chi connectivity index (χ3v) is 5.39. The Bertz CT molecular complexity index is 391. The van der Waals surface area contributed by atoms with Gasteiger partial charge in [0.25, 0.3) is 0 Å². The van der Waals surface area contributed by atoms with Crippen molar-refractivity contribution < 1.29 is 0 Å². The molecule has 0 spiro atoms. The van der Waals surface area contributed by atoms with Crippen molar-refractivity contribution in [1.29, 1.82) is 0 Å². The van der Waals surface area contributed by atoms with E-state index in [1.165, 1.54) is 37.7 Å². The molecule has 19 heavy (non-hydrogen) atoms. The van der Waals surface area contributed by atoms with Gasteiger partial charge >= 0.3 is 0 Å². The second-order valence-corrected chi connectivity index (χ2v) is 7.02. The highest BCUT2D eigenvalue weighted by Crippen LogP contribution is 2.39. The number of hydrogen-bond acceptors (Lipinski definition) is 0. The van der Waals surface area contributed by atoms with Crippen LogP contribution in [0.2, 0.25) is 0 Å². The summed E-state index contributed by atoms with van der Waals surface area (Å²) in [6.07, 6.45) is 7.02. The molecule has 106 valence electrons. The zero-order valence-electron chi connectivity index (χ0n) is 13.2. The van der Waals surface area contributed by atoms with Crippen molar-refractivity contribution in [2.24, 2.45) is 23.7 Å². The second-order valence-electron chi connectivity index (χ2n) is 7.02. The van der Waals surface area contributed by atoms with Crippen molar-refractivity contribution in [2.75, 3.05) is 0 Å². The zero-order valence-corrected chi connectivity index (χ0v) is 13.2. The van der Waals surface area contributed by atoms with Gasteiger partial charge in [-0.2, -0.15) is 0 Å². The molecule has 1 aliphatic carbocycles. The number of benzene rings is 1. The zero-order chi connectivity index (χ0) is 13.8. The summed E-state index contributed by atoms with van der Waals surface area (Å²) in [6, 6.07) is 8.89. The molecule has 0 amide bonds. The Morgan fingerprint density at radius 3 is 2.58 bits per heavy atom. The highest BCUT2D eigenvalue weighted by atomic mass is 14.3. The van der Waals surface area contributed by atoms with Crippen molar-refractivity contribution >= 4 is 0 Å². The summed E-state index contributed by atoms with van der Waals surface area (Å²) in [5.74, 6) is 3.71. The van der Waals surface area contributed by atoms with Gasteiger partial charge in [-0.3, -0.25) is 0 Å². The Morgan fingerprint density at radius 2 is 1.89 bits per heavy atom. The Kier molecular flexibility index (Phi) is 5.07. The van der Waals surface area contributed by atoms with E-state index < -0.39 is 0 Å². The van der Waals surface area contributed by atoms with Crippen molar-refractivity contribution in [3.8, 4) is 0 Å². The summed E-state index contributed by atoms with van der Waals surface area (Å²) in [4.78, 5) is 0. The van der Waals surface area contributed by atoms with Crippen LogP contribution in [0, 0.1) is 30.6 Å². The van der Waals surface area contributed by atoms with Crippen molar-refractivity contribution in [3.05, 3.63) is 35.4 Å². The van der Waals surface area contributed by atoms with Crippen molar-refractivity contribution in [2.45, 2.75) is 59.8 Å². The molecule has 1 fully saturated rings. The Morgan fingerprint density at radius 1 is 1.16 bits per heavy atom. The molecule has 0 heteroatoms. The minimum absolute atomic E-state index is 0.869. The second kappa shape index (κ2) is 6.59. The van der Waals surface area contributed by atoms with Crippen LogP contribution in [0.4, 0.5) is 0 Å². The summed E-state index contributed by atoms with van der Waals surface area (Å²) >= 11 is 0. The van der Waals surface area contributed by atoms with Gasteiger partial charge in [-0.1, -0.05) is 51.5 Å². The molecule has 3 unspecified atom stereocenters. The average Bonchev–Trinajstić information content (AvgIpc) is 2.39. The normalized spacial score (nSPS) is 27.7. The third kappa shape index (κ3) is 3.84. The maximum absolute atomic E-state index is 2.47. The van der Waals surface area contributed by atoms with E-state index >= 15 is 0 Å². The van der Waals surface area contributed by atoms with Crippen LogP contribution in [0.25, 0.3) is 0 Å². The summed E-state index contributed by atoms with van der Waals surface area (Å²) in [5, 5.41) is 0. The fourth-order valence-electron chi connectivity index (χ4n) is 3.69. The van der Waals surface area contributed by atoms with Crippen LogP contribution in [0.3, 0.4) is 0 Å². The van der Waals surface area contributed by atoms with Gasteiger partial charge < -0.3 is 0 Å². The van der Waals surface area contributed by atoms with Gasteiger partial charge in [0, 0.05) is 0 Å². The van der Waals surface area contributed by atoms with Gasteiger partial charge in [0.1, 0.15) is 0 Å². The smallest absolute Gasteiger partial charge is 0.0274 e. The summed E-state index contributed by atoms with van der Waals surface area (Å²) in [6.45, 7) is 9.52. The minimum Gasteiger partial charge on any atom is -0.0625 e. The molecule has 0 nitrogen and oxygen atoms in total. The lowest BCUT2D eigenvalue weighted by Crippen LogP contribution is -2.26. The first kappa shape index (κ1) is 14.6. The molecule has 1 aromatic rings. The molecule has 0 saturated heterocycles. The van der Waals surface area contributed by atoms with E-state index in [-0.39, 0.29) is 0 Å². The van der Waals surface area contributed by atoms with E-state index in [9.17, 15) is 0 Å². The minimum atomic E-state index is 0.869. The van der Waals surface area contributed by atoms with E-state index in [2.05, 4.69) is 52.0 Å². The lowest BCUT2D eigenvalue weighted by atomic mass is 9.69. The van der Waals surface area contributed by atoms with E-state index in [1.54, 1.807) is 5.56 Å². The molecule has 1 aromatic carbocycles.